The molecule has 3 aromatic heterocycles. The molecule has 190 valence electrons. The fraction of sp³-hybridized carbons (Fsp3) is 0.458. The largest absolute Gasteiger partial charge is 0.370 e. The van der Waals surface area contributed by atoms with Crippen molar-refractivity contribution in [2.45, 2.75) is 31.7 Å². The maximum Gasteiger partial charge on any atom is 0.226 e. The lowest BCUT2D eigenvalue weighted by Crippen LogP contribution is -2.44. The molecule has 2 atom stereocenters. The number of nitrogens with zero attached hydrogens (tertiary/aromatic N) is 6. The van der Waals surface area contributed by atoms with Crippen LogP contribution in [0.25, 0.3) is 21.1 Å². The van der Waals surface area contributed by atoms with Gasteiger partial charge in [-0.05, 0) is 30.5 Å². The quantitative estimate of drug-likeness (QED) is 0.408. The van der Waals surface area contributed by atoms with Crippen molar-refractivity contribution in [1.82, 2.24) is 29.4 Å². The molecule has 2 fully saturated rings. The number of fused-ring (bicyclic) bond motifs is 2. The summed E-state index contributed by atoms with van der Waals surface area (Å²) < 4.78 is 32.8. The van der Waals surface area contributed by atoms with Crippen LogP contribution in [0.15, 0.2) is 36.7 Å². The number of anilines is 1. The highest BCUT2D eigenvalue weighted by atomic mass is 32.2. The number of H-pyrrole nitrogens is 1. The maximum atomic E-state index is 12.1. The normalized spacial score (nSPS) is 21.8. The average Bonchev–Trinajstić information content (AvgIpc) is 3.61. The van der Waals surface area contributed by atoms with E-state index in [9.17, 15) is 8.42 Å². The Bertz CT molecular complexity index is 1500. The van der Waals surface area contributed by atoms with Crippen LogP contribution in [-0.4, -0.2) is 83.5 Å². The van der Waals surface area contributed by atoms with E-state index in [1.165, 1.54) is 10.6 Å². The SMILES string of the molecule is CN(C1CCCN1Cc1cc2nc(N3CCOC(c4cccc5[nH]ncc45)C3)ncc2s1)S(C)(=O)=O. The van der Waals surface area contributed by atoms with Crippen molar-refractivity contribution < 1.29 is 13.2 Å². The highest BCUT2D eigenvalue weighted by Gasteiger charge is 2.32. The number of nitrogens with one attached hydrogen (secondary N) is 1. The van der Waals surface area contributed by atoms with E-state index < -0.39 is 10.0 Å². The monoisotopic (exact) mass is 527 g/mol. The van der Waals surface area contributed by atoms with Crippen molar-refractivity contribution in [2.75, 3.05) is 44.4 Å². The molecule has 36 heavy (non-hydrogen) atoms. The van der Waals surface area contributed by atoms with E-state index in [2.05, 4.69) is 37.1 Å². The number of hydrogen-bond acceptors (Lipinski definition) is 9. The first-order valence-electron chi connectivity index (χ1n) is 12.1. The van der Waals surface area contributed by atoms with Gasteiger partial charge in [0.2, 0.25) is 16.0 Å². The van der Waals surface area contributed by atoms with Crippen molar-refractivity contribution in [1.29, 1.82) is 0 Å². The zero-order chi connectivity index (χ0) is 24.9. The third-order valence-electron chi connectivity index (χ3n) is 7.15. The predicted molar refractivity (Wildman–Crippen MR) is 140 cm³/mol. The molecular weight excluding hydrogens is 498 g/mol. The Morgan fingerprint density at radius 1 is 1.28 bits per heavy atom. The second kappa shape index (κ2) is 9.34. The molecule has 6 rings (SSSR count). The van der Waals surface area contributed by atoms with Gasteiger partial charge in [-0.15, -0.1) is 11.3 Å². The van der Waals surface area contributed by atoms with Crippen LogP contribution in [-0.2, 0) is 21.3 Å². The Kier molecular flexibility index (Phi) is 6.16. The van der Waals surface area contributed by atoms with Gasteiger partial charge in [-0.25, -0.2) is 18.4 Å². The Balaban J connectivity index is 1.20. The smallest absolute Gasteiger partial charge is 0.226 e. The van der Waals surface area contributed by atoms with Gasteiger partial charge in [0.25, 0.3) is 0 Å². The molecule has 2 aliphatic rings. The molecule has 2 saturated heterocycles. The first kappa shape index (κ1) is 23.7. The van der Waals surface area contributed by atoms with Crippen LogP contribution in [0.1, 0.15) is 29.4 Å². The summed E-state index contributed by atoms with van der Waals surface area (Å²) in [5.41, 5.74) is 3.04. The molecule has 4 aromatic rings. The molecule has 0 radical (unpaired) electrons. The van der Waals surface area contributed by atoms with Crippen molar-refractivity contribution in [3.05, 3.63) is 47.1 Å². The van der Waals surface area contributed by atoms with Gasteiger partial charge in [-0.2, -0.15) is 9.40 Å². The fourth-order valence-electron chi connectivity index (χ4n) is 5.23. The molecule has 12 heteroatoms. The standard InChI is InChI=1S/C24H29N7O3S2/c1-29(36(2,32)33)23-7-4-8-30(23)14-16-11-20-22(35-16)13-25-24(27-20)31-9-10-34-21(15-31)17-5-3-6-19-18(17)12-26-28-19/h3,5-6,11-13,21,23H,4,7-10,14-15H2,1-2H3,(H,26,28). The lowest BCUT2D eigenvalue weighted by Gasteiger charge is -2.33. The molecule has 5 heterocycles. The minimum Gasteiger partial charge on any atom is -0.370 e. The number of hydrogen-bond donors (Lipinski definition) is 1. The van der Waals surface area contributed by atoms with Crippen LogP contribution >= 0.6 is 11.3 Å². The Labute approximate surface area is 213 Å². The van der Waals surface area contributed by atoms with Gasteiger partial charge in [0.05, 0.1) is 53.7 Å². The third-order valence-corrected chi connectivity index (χ3v) is 9.49. The zero-order valence-corrected chi connectivity index (χ0v) is 21.9. The van der Waals surface area contributed by atoms with E-state index in [-0.39, 0.29) is 12.3 Å². The summed E-state index contributed by atoms with van der Waals surface area (Å²) in [6.07, 6.45) is 6.67. The number of aromatic nitrogens is 4. The lowest BCUT2D eigenvalue weighted by molar-refractivity contribution is 0.0402. The first-order chi connectivity index (χ1) is 17.4. The van der Waals surface area contributed by atoms with Crippen LogP contribution in [0.5, 0.6) is 0 Å². The van der Waals surface area contributed by atoms with Gasteiger partial charge in [0, 0.05) is 36.9 Å². The third kappa shape index (κ3) is 4.48. The van der Waals surface area contributed by atoms with Crippen LogP contribution in [0.3, 0.4) is 0 Å². The van der Waals surface area contributed by atoms with Crippen LogP contribution in [0, 0.1) is 0 Å². The summed E-state index contributed by atoms with van der Waals surface area (Å²) in [5.74, 6) is 0.704. The molecule has 1 N–H and O–H groups in total. The summed E-state index contributed by atoms with van der Waals surface area (Å²) in [5, 5.41) is 8.28. The second-order valence-corrected chi connectivity index (χ2v) is 12.7. The number of morpholine rings is 1. The summed E-state index contributed by atoms with van der Waals surface area (Å²) >= 11 is 1.67. The molecule has 0 amide bonds. The highest BCUT2D eigenvalue weighted by Crippen LogP contribution is 2.32. The van der Waals surface area contributed by atoms with Crippen molar-refractivity contribution in [2.24, 2.45) is 0 Å². The molecule has 0 bridgehead atoms. The van der Waals surface area contributed by atoms with E-state index in [0.717, 1.165) is 57.5 Å². The van der Waals surface area contributed by atoms with Crippen LogP contribution in [0.2, 0.25) is 0 Å². The first-order valence-corrected chi connectivity index (χ1v) is 14.7. The Morgan fingerprint density at radius 2 is 2.17 bits per heavy atom. The van der Waals surface area contributed by atoms with Gasteiger partial charge >= 0.3 is 0 Å². The number of ether oxygens (including phenoxy) is 1. The predicted octanol–water partition coefficient (Wildman–Crippen LogP) is 2.96. The number of aromatic amines is 1. The molecule has 0 spiro atoms. The second-order valence-electron chi connectivity index (χ2n) is 9.49. The lowest BCUT2D eigenvalue weighted by atomic mass is 10.0. The van der Waals surface area contributed by atoms with Crippen LogP contribution in [0.4, 0.5) is 5.95 Å². The zero-order valence-electron chi connectivity index (χ0n) is 20.3. The number of rotatable bonds is 6. The van der Waals surface area contributed by atoms with E-state index >= 15 is 0 Å². The van der Waals surface area contributed by atoms with Crippen molar-refractivity contribution in [3.8, 4) is 0 Å². The summed E-state index contributed by atoms with van der Waals surface area (Å²) in [7, 11) is -1.57. The van der Waals surface area contributed by atoms with Crippen molar-refractivity contribution >= 4 is 48.4 Å². The average molecular weight is 528 g/mol. The van der Waals surface area contributed by atoms with E-state index in [1.54, 1.807) is 18.4 Å². The number of benzene rings is 1. The fourth-order valence-corrected chi connectivity index (χ4v) is 6.91. The van der Waals surface area contributed by atoms with Gasteiger partial charge in [-0.1, -0.05) is 12.1 Å². The van der Waals surface area contributed by atoms with E-state index in [0.29, 0.717) is 25.6 Å². The highest BCUT2D eigenvalue weighted by molar-refractivity contribution is 7.88. The molecule has 0 saturated carbocycles. The molecule has 0 aliphatic carbocycles. The number of sulfonamides is 1. The summed E-state index contributed by atoms with van der Waals surface area (Å²) in [6, 6.07) is 8.24. The molecule has 2 aliphatic heterocycles. The van der Waals surface area contributed by atoms with E-state index in [4.69, 9.17) is 9.72 Å². The molecule has 2 unspecified atom stereocenters. The molecular formula is C24H29N7O3S2. The van der Waals surface area contributed by atoms with Gasteiger partial charge in [0.1, 0.15) is 6.10 Å². The molecule has 1 aromatic carbocycles. The topological polar surface area (TPSA) is 108 Å². The maximum absolute atomic E-state index is 12.1. The Hall–Kier alpha value is -2.64. The minimum absolute atomic E-state index is 0.0867. The van der Waals surface area contributed by atoms with Crippen molar-refractivity contribution in [3.63, 3.8) is 0 Å². The van der Waals surface area contributed by atoms with Gasteiger partial charge < -0.3 is 9.64 Å². The minimum atomic E-state index is -3.24. The van der Waals surface area contributed by atoms with E-state index in [1.807, 2.05) is 24.5 Å². The van der Waals surface area contributed by atoms with Gasteiger partial charge in [-0.3, -0.25) is 10.00 Å². The summed E-state index contributed by atoms with van der Waals surface area (Å²) in [6.45, 7) is 3.58. The summed E-state index contributed by atoms with van der Waals surface area (Å²) in [4.78, 5) is 15.2. The molecule has 10 nitrogen and oxygen atoms in total. The Morgan fingerprint density at radius 3 is 3.03 bits per heavy atom. The van der Waals surface area contributed by atoms with Crippen LogP contribution < -0.4 is 4.90 Å². The number of thiophene rings is 1. The number of likely N-dealkylation sites (tertiary alicyclic amines) is 1. The van der Waals surface area contributed by atoms with Gasteiger partial charge in [0.15, 0.2) is 0 Å².